The monoisotopic (exact) mass is 403 g/mol. The van der Waals surface area contributed by atoms with Crippen molar-refractivity contribution in [1.82, 2.24) is 4.98 Å². The van der Waals surface area contributed by atoms with Gasteiger partial charge in [-0.25, -0.2) is 4.98 Å². The van der Waals surface area contributed by atoms with E-state index in [1.165, 1.54) is 6.07 Å². The van der Waals surface area contributed by atoms with Crippen molar-refractivity contribution in [1.29, 1.82) is 0 Å². The molecule has 1 fully saturated rings. The number of ketones is 1. The fourth-order valence-electron chi connectivity index (χ4n) is 4.10. The van der Waals surface area contributed by atoms with Gasteiger partial charge in [-0.3, -0.25) is 9.59 Å². The highest BCUT2D eigenvalue weighted by atomic mass is 16.5. The Kier molecular flexibility index (Phi) is 6.19. The van der Waals surface area contributed by atoms with Crippen LogP contribution < -0.4 is 0 Å². The molecule has 1 unspecified atom stereocenters. The lowest BCUT2D eigenvalue weighted by atomic mass is 9.91. The summed E-state index contributed by atoms with van der Waals surface area (Å²) in [7, 11) is 0. The Balaban J connectivity index is 1.63. The molecule has 154 valence electrons. The Morgan fingerprint density at radius 2 is 1.87 bits per heavy atom. The number of carbonyl (C=O) groups excluding carboxylic acids is 2. The van der Waals surface area contributed by atoms with Crippen molar-refractivity contribution in [2.75, 3.05) is 13.2 Å². The summed E-state index contributed by atoms with van der Waals surface area (Å²) in [6, 6.07) is 14.4. The van der Waals surface area contributed by atoms with E-state index in [2.05, 4.69) is 4.98 Å². The van der Waals surface area contributed by atoms with Gasteiger partial charge in [0.25, 0.3) is 0 Å². The molecule has 4 rings (SSSR count). The molecule has 1 saturated heterocycles. The molecule has 0 aliphatic carbocycles. The lowest BCUT2D eigenvalue weighted by Gasteiger charge is -2.14. The van der Waals surface area contributed by atoms with E-state index in [1.54, 1.807) is 12.1 Å². The number of hydrogen-bond donors (Lipinski definition) is 1. The molecule has 0 saturated carbocycles. The standard InChI is InChI=1S/C25H25NO4/c27-16-21-20-11-9-19(15-18(20)10-12-24(21)28)22-7-3-8-23(26-22)25(29)17-5-1-2-13-30-14-4-6-17/h3,7-12,15-17,28H,1-2,4-6,13-14H2. The third-order valence-corrected chi connectivity index (χ3v) is 5.76. The van der Waals surface area contributed by atoms with Gasteiger partial charge < -0.3 is 9.84 Å². The van der Waals surface area contributed by atoms with E-state index in [9.17, 15) is 14.7 Å². The Bertz CT molecular complexity index is 1070. The van der Waals surface area contributed by atoms with Crippen LogP contribution >= 0.6 is 0 Å². The number of aromatic nitrogens is 1. The fourth-order valence-corrected chi connectivity index (χ4v) is 4.10. The van der Waals surface area contributed by atoms with Crippen molar-refractivity contribution in [2.24, 2.45) is 5.92 Å². The van der Waals surface area contributed by atoms with Crippen LogP contribution in [0.3, 0.4) is 0 Å². The molecular weight excluding hydrogens is 378 g/mol. The molecule has 5 heteroatoms. The van der Waals surface area contributed by atoms with Gasteiger partial charge in [0.15, 0.2) is 12.1 Å². The maximum Gasteiger partial charge on any atom is 0.184 e. The predicted octanol–water partition coefficient (Wildman–Crippen LogP) is 5.20. The molecule has 1 aliphatic rings. The quantitative estimate of drug-likeness (QED) is 0.479. The average Bonchev–Trinajstić information content (AvgIpc) is 2.92. The number of ether oxygens (including phenoxy) is 1. The number of carbonyl (C=O) groups is 2. The van der Waals surface area contributed by atoms with Crippen LogP contribution in [0.5, 0.6) is 5.75 Å². The lowest BCUT2D eigenvalue weighted by molar-refractivity contribution is 0.0894. The molecule has 2 aromatic carbocycles. The smallest absolute Gasteiger partial charge is 0.184 e. The third kappa shape index (κ3) is 4.26. The van der Waals surface area contributed by atoms with Crippen LogP contribution in [0.2, 0.25) is 0 Å². The van der Waals surface area contributed by atoms with Gasteiger partial charge in [0.2, 0.25) is 0 Å². The number of phenols is 1. The molecule has 1 N–H and O–H groups in total. The highest BCUT2D eigenvalue weighted by Gasteiger charge is 2.22. The second-order valence-corrected chi connectivity index (χ2v) is 7.77. The number of fused-ring (bicyclic) bond motifs is 1. The molecule has 0 spiro atoms. The van der Waals surface area contributed by atoms with Crippen LogP contribution in [-0.4, -0.2) is 35.4 Å². The first kappa shape index (κ1) is 20.2. The van der Waals surface area contributed by atoms with Gasteiger partial charge in [0.1, 0.15) is 11.4 Å². The minimum Gasteiger partial charge on any atom is -0.507 e. The van der Waals surface area contributed by atoms with Crippen LogP contribution in [0.1, 0.15) is 53.0 Å². The number of nitrogens with zero attached hydrogens (tertiary/aromatic N) is 1. The second-order valence-electron chi connectivity index (χ2n) is 7.77. The first-order valence-electron chi connectivity index (χ1n) is 10.5. The summed E-state index contributed by atoms with van der Waals surface area (Å²) >= 11 is 0. The molecule has 30 heavy (non-hydrogen) atoms. The van der Waals surface area contributed by atoms with Crippen molar-refractivity contribution in [3.8, 4) is 17.0 Å². The van der Waals surface area contributed by atoms with Crippen molar-refractivity contribution in [2.45, 2.75) is 32.1 Å². The molecule has 0 bridgehead atoms. The van der Waals surface area contributed by atoms with E-state index >= 15 is 0 Å². The summed E-state index contributed by atoms with van der Waals surface area (Å²) in [6.07, 6.45) is 5.25. The fraction of sp³-hybridized carbons (Fsp3) is 0.320. The van der Waals surface area contributed by atoms with E-state index in [4.69, 9.17) is 4.74 Å². The Hall–Kier alpha value is -3.05. The van der Waals surface area contributed by atoms with Crippen LogP contribution in [0.25, 0.3) is 22.0 Å². The summed E-state index contributed by atoms with van der Waals surface area (Å²) in [5, 5.41) is 11.4. The van der Waals surface area contributed by atoms with Gasteiger partial charge >= 0.3 is 0 Å². The van der Waals surface area contributed by atoms with E-state index in [-0.39, 0.29) is 23.0 Å². The van der Waals surface area contributed by atoms with Gasteiger partial charge in [0, 0.05) is 24.7 Å². The van der Waals surface area contributed by atoms with Crippen molar-refractivity contribution in [3.05, 3.63) is 59.8 Å². The maximum atomic E-state index is 13.1. The van der Waals surface area contributed by atoms with Crippen LogP contribution in [0.4, 0.5) is 0 Å². The minimum absolute atomic E-state index is 0.0100. The lowest BCUT2D eigenvalue weighted by Crippen LogP contribution is -2.17. The molecule has 1 aromatic heterocycles. The van der Waals surface area contributed by atoms with E-state index < -0.39 is 0 Å². The Morgan fingerprint density at radius 3 is 2.73 bits per heavy atom. The largest absolute Gasteiger partial charge is 0.507 e. The normalized spacial score (nSPS) is 17.7. The van der Waals surface area contributed by atoms with Gasteiger partial charge in [-0.15, -0.1) is 0 Å². The topological polar surface area (TPSA) is 76.5 Å². The first-order chi connectivity index (χ1) is 14.7. The van der Waals surface area contributed by atoms with Crippen LogP contribution in [0, 0.1) is 5.92 Å². The van der Waals surface area contributed by atoms with E-state index in [0.717, 1.165) is 55.4 Å². The zero-order valence-corrected chi connectivity index (χ0v) is 16.8. The second kappa shape index (κ2) is 9.18. The molecule has 2 heterocycles. The Morgan fingerprint density at radius 1 is 1.03 bits per heavy atom. The van der Waals surface area contributed by atoms with Gasteiger partial charge in [-0.05, 0) is 60.7 Å². The van der Waals surface area contributed by atoms with E-state index in [1.807, 2.05) is 30.3 Å². The summed E-state index contributed by atoms with van der Waals surface area (Å²) < 4.78 is 5.56. The predicted molar refractivity (Wildman–Crippen MR) is 116 cm³/mol. The summed E-state index contributed by atoms with van der Waals surface area (Å²) in [6.45, 7) is 1.49. The molecule has 1 atom stereocenters. The Labute approximate surface area is 175 Å². The first-order valence-corrected chi connectivity index (χ1v) is 10.5. The van der Waals surface area contributed by atoms with Crippen LogP contribution in [0.15, 0.2) is 48.5 Å². The number of phenolic OH excluding ortho intramolecular Hbond substituents is 1. The zero-order chi connectivity index (χ0) is 20.9. The molecule has 5 nitrogen and oxygen atoms in total. The number of benzene rings is 2. The highest BCUT2D eigenvalue weighted by Crippen LogP contribution is 2.30. The summed E-state index contributed by atoms with van der Waals surface area (Å²) in [5.74, 6) is 0.0632. The molecular formula is C25H25NO4. The van der Waals surface area contributed by atoms with Crippen molar-refractivity contribution < 1.29 is 19.4 Å². The number of aldehydes is 1. The third-order valence-electron chi connectivity index (χ3n) is 5.76. The maximum absolute atomic E-state index is 13.1. The summed E-state index contributed by atoms with van der Waals surface area (Å²) in [5.41, 5.74) is 2.36. The van der Waals surface area contributed by atoms with Gasteiger partial charge in [-0.2, -0.15) is 0 Å². The average molecular weight is 403 g/mol. The van der Waals surface area contributed by atoms with Crippen LogP contribution in [-0.2, 0) is 4.74 Å². The molecule has 3 aromatic rings. The number of hydrogen-bond acceptors (Lipinski definition) is 5. The summed E-state index contributed by atoms with van der Waals surface area (Å²) in [4.78, 5) is 29.1. The molecule has 0 amide bonds. The van der Waals surface area contributed by atoms with Crippen molar-refractivity contribution in [3.63, 3.8) is 0 Å². The highest BCUT2D eigenvalue weighted by molar-refractivity contribution is 6.02. The van der Waals surface area contributed by atoms with Crippen molar-refractivity contribution >= 4 is 22.8 Å². The van der Waals surface area contributed by atoms with Gasteiger partial charge in [0.05, 0.1) is 11.3 Å². The van der Waals surface area contributed by atoms with E-state index in [0.29, 0.717) is 24.0 Å². The molecule has 0 radical (unpaired) electrons. The number of Topliss-reactive ketones (excluding diaryl/α,β-unsaturated/α-hetero) is 1. The SMILES string of the molecule is O=Cc1c(O)ccc2cc(-c3cccc(C(=O)C4CCCCOCCC4)n3)ccc12. The van der Waals surface area contributed by atoms with Gasteiger partial charge in [-0.1, -0.05) is 30.7 Å². The number of aromatic hydroxyl groups is 1. The molecule has 1 aliphatic heterocycles. The zero-order valence-electron chi connectivity index (χ0n) is 16.8. The number of pyridine rings is 1. The minimum atomic E-state index is -0.0311. The number of rotatable bonds is 4.